The van der Waals surface area contributed by atoms with Gasteiger partial charge in [0.2, 0.25) is 10.0 Å². The SMILES string of the molecule is O=S(=O)(c1c(Cl)cccc1Cl)N1CCN(c2ccccc2Cl)CC1. The van der Waals surface area contributed by atoms with Gasteiger partial charge in [0.05, 0.1) is 20.8 Å². The number of rotatable bonds is 3. The van der Waals surface area contributed by atoms with Gasteiger partial charge in [0.15, 0.2) is 0 Å². The highest BCUT2D eigenvalue weighted by Crippen LogP contribution is 2.33. The van der Waals surface area contributed by atoms with Gasteiger partial charge in [-0.2, -0.15) is 4.31 Å². The van der Waals surface area contributed by atoms with Crippen molar-refractivity contribution in [1.82, 2.24) is 4.31 Å². The van der Waals surface area contributed by atoms with E-state index < -0.39 is 10.0 Å². The molecular weight excluding hydrogens is 391 g/mol. The lowest BCUT2D eigenvalue weighted by Gasteiger charge is -2.36. The minimum absolute atomic E-state index is 0.0282. The molecule has 0 aliphatic carbocycles. The Kier molecular flexibility index (Phi) is 5.27. The topological polar surface area (TPSA) is 40.6 Å². The number of anilines is 1. The van der Waals surface area contributed by atoms with Crippen LogP contribution in [0.1, 0.15) is 0 Å². The third-order valence-corrected chi connectivity index (χ3v) is 7.12. The fourth-order valence-corrected chi connectivity index (χ4v) is 5.50. The van der Waals surface area contributed by atoms with Crippen LogP contribution in [0, 0.1) is 0 Å². The molecule has 1 saturated heterocycles. The molecule has 0 aromatic heterocycles. The molecule has 0 atom stereocenters. The number of nitrogens with zero attached hydrogens (tertiary/aromatic N) is 2. The number of hydrogen-bond acceptors (Lipinski definition) is 3. The van der Waals surface area contributed by atoms with E-state index in [1.807, 2.05) is 24.3 Å². The first-order valence-electron chi connectivity index (χ1n) is 7.35. The monoisotopic (exact) mass is 404 g/mol. The summed E-state index contributed by atoms with van der Waals surface area (Å²) >= 11 is 18.3. The van der Waals surface area contributed by atoms with Gasteiger partial charge < -0.3 is 4.90 Å². The predicted molar refractivity (Wildman–Crippen MR) is 98.9 cm³/mol. The fourth-order valence-electron chi connectivity index (χ4n) is 2.74. The maximum Gasteiger partial charge on any atom is 0.246 e. The lowest BCUT2D eigenvalue weighted by Crippen LogP contribution is -2.48. The fraction of sp³-hybridized carbons (Fsp3) is 0.250. The van der Waals surface area contributed by atoms with Crippen molar-refractivity contribution in [2.24, 2.45) is 0 Å². The van der Waals surface area contributed by atoms with E-state index in [-0.39, 0.29) is 14.9 Å². The highest BCUT2D eigenvalue weighted by Gasteiger charge is 2.32. The van der Waals surface area contributed by atoms with Crippen LogP contribution in [-0.2, 0) is 10.0 Å². The minimum atomic E-state index is -3.73. The van der Waals surface area contributed by atoms with E-state index >= 15 is 0 Å². The average Bonchev–Trinajstić information content (AvgIpc) is 2.55. The molecule has 1 aliphatic heterocycles. The van der Waals surface area contributed by atoms with E-state index in [0.29, 0.717) is 31.2 Å². The van der Waals surface area contributed by atoms with Gasteiger partial charge >= 0.3 is 0 Å². The number of benzene rings is 2. The normalized spacial score (nSPS) is 16.4. The van der Waals surface area contributed by atoms with Crippen LogP contribution in [-0.4, -0.2) is 38.9 Å². The van der Waals surface area contributed by atoms with Crippen LogP contribution in [0.15, 0.2) is 47.4 Å². The predicted octanol–water partition coefficient (Wildman–Crippen LogP) is 4.16. The molecule has 2 aromatic carbocycles. The lowest BCUT2D eigenvalue weighted by atomic mass is 10.2. The molecule has 4 nitrogen and oxygen atoms in total. The van der Waals surface area contributed by atoms with Gasteiger partial charge in [-0.05, 0) is 24.3 Å². The number of halogens is 3. The van der Waals surface area contributed by atoms with Gasteiger partial charge in [0.25, 0.3) is 0 Å². The Hall–Kier alpha value is -0.980. The van der Waals surface area contributed by atoms with Crippen LogP contribution in [0.4, 0.5) is 5.69 Å². The third kappa shape index (κ3) is 3.37. The van der Waals surface area contributed by atoms with Gasteiger partial charge in [-0.1, -0.05) is 53.0 Å². The first kappa shape index (κ1) is 17.8. The van der Waals surface area contributed by atoms with Crippen LogP contribution < -0.4 is 4.90 Å². The molecular formula is C16H15Cl3N2O2S. The minimum Gasteiger partial charge on any atom is -0.368 e. The van der Waals surface area contributed by atoms with Crippen LogP contribution in [0.3, 0.4) is 0 Å². The molecule has 1 fully saturated rings. The van der Waals surface area contributed by atoms with Gasteiger partial charge in [-0.3, -0.25) is 0 Å². The zero-order chi connectivity index (χ0) is 17.3. The van der Waals surface area contributed by atoms with Gasteiger partial charge in [0.1, 0.15) is 4.90 Å². The smallest absolute Gasteiger partial charge is 0.246 e. The molecule has 24 heavy (non-hydrogen) atoms. The Morgan fingerprint density at radius 1 is 0.750 bits per heavy atom. The molecule has 0 spiro atoms. The standard InChI is InChI=1S/C16H15Cl3N2O2S/c17-12-4-1-2-7-15(12)20-8-10-21(11-9-20)24(22,23)16-13(18)5-3-6-14(16)19/h1-7H,8-11H2. The summed E-state index contributed by atoms with van der Waals surface area (Å²) in [7, 11) is -3.73. The molecule has 128 valence electrons. The number of para-hydroxylation sites is 1. The van der Waals surface area contributed by atoms with Gasteiger partial charge in [0, 0.05) is 26.2 Å². The Bertz CT molecular complexity index is 830. The quantitative estimate of drug-likeness (QED) is 0.770. The summed E-state index contributed by atoms with van der Waals surface area (Å²) in [5.41, 5.74) is 0.909. The highest BCUT2D eigenvalue weighted by molar-refractivity contribution is 7.89. The van der Waals surface area contributed by atoms with Crippen molar-refractivity contribution in [3.05, 3.63) is 57.5 Å². The number of sulfonamides is 1. The summed E-state index contributed by atoms with van der Waals surface area (Å²) in [6, 6.07) is 12.2. The second-order valence-electron chi connectivity index (χ2n) is 5.39. The molecule has 3 rings (SSSR count). The van der Waals surface area contributed by atoms with E-state index in [2.05, 4.69) is 4.90 Å². The van der Waals surface area contributed by atoms with Crippen molar-refractivity contribution in [2.75, 3.05) is 31.1 Å². The molecule has 1 aliphatic rings. The molecule has 0 amide bonds. The maximum absolute atomic E-state index is 12.9. The summed E-state index contributed by atoms with van der Waals surface area (Å²) in [5, 5.41) is 0.926. The first-order valence-corrected chi connectivity index (χ1v) is 9.92. The Morgan fingerprint density at radius 3 is 1.88 bits per heavy atom. The Labute approximate surface area is 156 Å². The Morgan fingerprint density at radius 2 is 1.29 bits per heavy atom. The van der Waals surface area contributed by atoms with Crippen LogP contribution in [0.5, 0.6) is 0 Å². The van der Waals surface area contributed by atoms with Gasteiger partial charge in [-0.15, -0.1) is 0 Å². The first-order chi connectivity index (χ1) is 11.4. The van der Waals surface area contributed by atoms with Crippen molar-refractivity contribution < 1.29 is 8.42 Å². The van der Waals surface area contributed by atoms with Crippen molar-refractivity contribution in [3.8, 4) is 0 Å². The lowest BCUT2D eigenvalue weighted by molar-refractivity contribution is 0.385. The van der Waals surface area contributed by atoms with Crippen molar-refractivity contribution in [2.45, 2.75) is 4.90 Å². The molecule has 2 aromatic rings. The van der Waals surface area contributed by atoms with E-state index in [1.165, 1.54) is 16.4 Å². The summed E-state index contributed by atoms with van der Waals surface area (Å²) in [6.07, 6.45) is 0. The van der Waals surface area contributed by atoms with E-state index in [9.17, 15) is 8.42 Å². The number of hydrogen-bond donors (Lipinski definition) is 0. The van der Waals surface area contributed by atoms with E-state index in [0.717, 1.165) is 5.69 Å². The molecule has 0 saturated carbocycles. The summed E-state index contributed by atoms with van der Waals surface area (Å²) in [6.45, 7) is 1.78. The highest BCUT2D eigenvalue weighted by atomic mass is 35.5. The molecule has 1 heterocycles. The van der Waals surface area contributed by atoms with Crippen molar-refractivity contribution in [3.63, 3.8) is 0 Å². The van der Waals surface area contributed by atoms with Gasteiger partial charge in [-0.25, -0.2) is 8.42 Å². The third-order valence-electron chi connectivity index (χ3n) is 3.95. The van der Waals surface area contributed by atoms with Crippen LogP contribution >= 0.6 is 34.8 Å². The maximum atomic E-state index is 12.9. The van der Waals surface area contributed by atoms with E-state index in [4.69, 9.17) is 34.8 Å². The second-order valence-corrected chi connectivity index (χ2v) is 8.49. The average molecular weight is 406 g/mol. The Balaban J connectivity index is 1.81. The van der Waals surface area contributed by atoms with Crippen LogP contribution in [0.25, 0.3) is 0 Å². The molecule has 0 unspecified atom stereocenters. The molecule has 8 heteroatoms. The second kappa shape index (κ2) is 7.10. The zero-order valence-corrected chi connectivity index (χ0v) is 15.7. The van der Waals surface area contributed by atoms with Crippen molar-refractivity contribution >= 4 is 50.5 Å². The number of piperazine rings is 1. The van der Waals surface area contributed by atoms with Crippen molar-refractivity contribution in [1.29, 1.82) is 0 Å². The summed E-state index contributed by atoms with van der Waals surface area (Å²) in [5.74, 6) is 0. The van der Waals surface area contributed by atoms with E-state index in [1.54, 1.807) is 6.07 Å². The molecule has 0 radical (unpaired) electrons. The van der Waals surface area contributed by atoms with Crippen LogP contribution in [0.2, 0.25) is 15.1 Å². The molecule has 0 bridgehead atoms. The summed E-state index contributed by atoms with van der Waals surface area (Å²) in [4.78, 5) is 2.04. The largest absolute Gasteiger partial charge is 0.368 e. The summed E-state index contributed by atoms with van der Waals surface area (Å²) < 4.78 is 27.1. The zero-order valence-electron chi connectivity index (χ0n) is 12.6. The molecule has 0 N–H and O–H groups in total.